The van der Waals surface area contributed by atoms with Gasteiger partial charge in [0.05, 0.1) is 12.8 Å². The lowest BCUT2D eigenvalue weighted by Crippen LogP contribution is -2.42. The summed E-state index contributed by atoms with van der Waals surface area (Å²) < 4.78 is 5.45. The van der Waals surface area contributed by atoms with Gasteiger partial charge in [-0.15, -0.1) is 0 Å². The highest BCUT2D eigenvalue weighted by atomic mass is 16.3. The number of nitrogens with one attached hydrogen (secondary N) is 1. The van der Waals surface area contributed by atoms with Crippen LogP contribution < -0.4 is 5.32 Å². The first kappa shape index (κ1) is 17.7. The van der Waals surface area contributed by atoms with Gasteiger partial charge in [0.1, 0.15) is 11.6 Å². The second kappa shape index (κ2) is 8.31. The topological polar surface area (TPSA) is 54.2 Å². The van der Waals surface area contributed by atoms with Gasteiger partial charge >= 0.3 is 0 Å². The van der Waals surface area contributed by atoms with Crippen LogP contribution in [0.4, 0.5) is 0 Å². The molecule has 0 amide bonds. The molecule has 0 saturated carbocycles. The van der Waals surface area contributed by atoms with Gasteiger partial charge in [-0.1, -0.05) is 0 Å². The predicted molar refractivity (Wildman–Crippen MR) is 102 cm³/mol. The maximum Gasteiger partial charge on any atom is 0.130 e. The minimum atomic E-state index is 0.613. The van der Waals surface area contributed by atoms with E-state index in [1.807, 2.05) is 6.07 Å². The molecular formula is C21H30N4O. The Morgan fingerprint density at radius 3 is 2.85 bits per heavy atom. The molecule has 1 N–H and O–H groups in total. The van der Waals surface area contributed by atoms with Crippen molar-refractivity contribution in [1.29, 1.82) is 0 Å². The Balaban J connectivity index is 1.21. The fourth-order valence-electron chi connectivity index (χ4n) is 4.26. The monoisotopic (exact) mass is 354 g/mol. The number of aryl methyl sites for hydroxylation is 2. The molecule has 0 aromatic carbocycles. The second-order valence-corrected chi connectivity index (χ2v) is 7.69. The largest absolute Gasteiger partial charge is 0.468 e. The van der Waals surface area contributed by atoms with Crippen LogP contribution in [0.3, 0.4) is 0 Å². The number of aromatic nitrogens is 2. The van der Waals surface area contributed by atoms with E-state index in [0.29, 0.717) is 6.04 Å². The van der Waals surface area contributed by atoms with Gasteiger partial charge in [-0.2, -0.15) is 0 Å². The maximum atomic E-state index is 5.45. The Kier molecular flexibility index (Phi) is 5.65. The van der Waals surface area contributed by atoms with Gasteiger partial charge in [0, 0.05) is 43.5 Å². The molecular weight excluding hydrogens is 324 g/mol. The molecule has 1 fully saturated rings. The maximum absolute atomic E-state index is 5.45. The lowest BCUT2D eigenvalue weighted by Gasteiger charge is -2.31. The van der Waals surface area contributed by atoms with Crippen molar-refractivity contribution in [1.82, 2.24) is 20.2 Å². The molecule has 2 aromatic heterocycles. The van der Waals surface area contributed by atoms with Crippen LogP contribution in [0.1, 0.15) is 54.2 Å². The lowest BCUT2D eigenvalue weighted by atomic mass is 9.95. The highest BCUT2D eigenvalue weighted by Gasteiger charge is 2.20. The van der Waals surface area contributed by atoms with Gasteiger partial charge in [-0.05, 0) is 63.1 Å². The zero-order chi connectivity index (χ0) is 17.8. The molecule has 1 saturated heterocycles. The Morgan fingerprint density at radius 1 is 1.19 bits per heavy atom. The van der Waals surface area contributed by atoms with E-state index in [2.05, 4.69) is 23.2 Å². The molecule has 2 aromatic rings. The average Bonchev–Trinajstić information content (AvgIpc) is 3.16. The number of furan rings is 1. The molecule has 140 valence electrons. The zero-order valence-electron chi connectivity index (χ0n) is 15.8. The second-order valence-electron chi connectivity index (χ2n) is 7.69. The van der Waals surface area contributed by atoms with Crippen LogP contribution in [0.15, 0.2) is 22.8 Å². The third-order valence-electron chi connectivity index (χ3n) is 5.76. The van der Waals surface area contributed by atoms with E-state index in [1.54, 1.807) is 6.26 Å². The van der Waals surface area contributed by atoms with E-state index in [9.17, 15) is 0 Å². The molecule has 1 aliphatic carbocycles. The van der Waals surface area contributed by atoms with E-state index in [1.165, 1.54) is 42.6 Å². The smallest absolute Gasteiger partial charge is 0.130 e. The van der Waals surface area contributed by atoms with Crippen molar-refractivity contribution < 1.29 is 4.42 Å². The zero-order valence-corrected chi connectivity index (χ0v) is 15.8. The summed E-state index contributed by atoms with van der Waals surface area (Å²) in [4.78, 5) is 12.1. The number of nitrogens with zero attached hydrogens (tertiary/aromatic N) is 3. The molecule has 26 heavy (non-hydrogen) atoms. The summed E-state index contributed by atoms with van der Waals surface area (Å²) in [5.41, 5.74) is 3.93. The van der Waals surface area contributed by atoms with Gasteiger partial charge in [0.2, 0.25) is 0 Å². The Morgan fingerprint density at radius 2 is 2.04 bits per heavy atom. The number of hydrogen-bond donors (Lipinski definition) is 1. The van der Waals surface area contributed by atoms with Gasteiger partial charge in [-0.25, -0.2) is 9.97 Å². The molecule has 5 heteroatoms. The minimum absolute atomic E-state index is 0.613. The number of likely N-dealkylation sites (tertiary alicyclic amines) is 1. The van der Waals surface area contributed by atoms with E-state index < -0.39 is 0 Å². The van der Waals surface area contributed by atoms with Crippen LogP contribution in [-0.4, -0.2) is 40.5 Å². The predicted octanol–water partition coefficient (Wildman–Crippen LogP) is 3.05. The third-order valence-corrected chi connectivity index (χ3v) is 5.76. The van der Waals surface area contributed by atoms with Crippen molar-refractivity contribution in [2.45, 2.75) is 64.5 Å². The van der Waals surface area contributed by atoms with E-state index in [0.717, 1.165) is 57.0 Å². The standard InChI is InChI=1S/C21H30N4O/c1-16-19-6-2-3-7-20(19)24-21(23-16)8-11-22-17-9-12-25(13-10-17)15-18-5-4-14-26-18/h4-5,14,17,22H,2-3,6-13,15H2,1H3. The molecule has 0 spiro atoms. The van der Waals surface area contributed by atoms with Crippen molar-refractivity contribution in [3.63, 3.8) is 0 Å². The highest BCUT2D eigenvalue weighted by Crippen LogP contribution is 2.21. The van der Waals surface area contributed by atoms with E-state index >= 15 is 0 Å². The third kappa shape index (κ3) is 4.33. The SMILES string of the molecule is Cc1nc(CCNC2CCN(Cc3ccco3)CC2)nc2c1CCCC2. The molecule has 5 nitrogen and oxygen atoms in total. The van der Waals surface area contributed by atoms with E-state index in [4.69, 9.17) is 14.4 Å². The highest BCUT2D eigenvalue weighted by molar-refractivity contribution is 5.27. The summed E-state index contributed by atoms with van der Waals surface area (Å²) in [6, 6.07) is 4.64. The van der Waals surface area contributed by atoms with Crippen molar-refractivity contribution in [2.24, 2.45) is 0 Å². The summed E-state index contributed by atoms with van der Waals surface area (Å²) in [7, 11) is 0. The van der Waals surface area contributed by atoms with Crippen LogP contribution >= 0.6 is 0 Å². The van der Waals surface area contributed by atoms with Crippen molar-refractivity contribution >= 4 is 0 Å². The molecule has 1 aliphatic heterocycles. The fraction of sp³-hybridized carbons (Fsp3) is 0.619. The Labute approximate surface area is 156 Å². The van der Waals surface area contributed by atoms with Crippen molar-refractivity contribution in [3.8, 4) is 0 Å². The number of fused-ring (bicyclic) bond motifs is 1. The molecule has 0 radical (unpaired) electrons. The Bertz CT molecular complexity index is 705. The van der Waals surface area contributed by atoms with Crippen LogP contribution in [0.5, 0.6) is 0 Å². The van der Waals surface area contributed by atoms with Crippen molar-refractivity contribution in [2.75, 3.05) is 19.6 Å². The summed E-state index contributed by atoms with van der Waals surface area (Å²) in [5.74, 6) is 2.09. The summed E-state index contributed by atoms with van der Waals surface area (Å²) in [5, 5.41) is 3.72. The first-order valence-corrected chi connectivity index (χ1v) is 10.1. The first-order chi connectivity index (χ1) is 12.8. The minimum Gasteiger partial charge on any atom is -0.468 e. The quantitative estimate of drug-likeness (QED) is 0.864. The molecule has 0 bridgehead atoms. The summed E-state index contributed by atoms with van der Waals surface area (Å²) in [6.45, 7) is 6.32. The van der Waals surface area contributed by atoms with Gasteiger partial charge in [0.15, 0.2) is 0 Å². The number of piperidine rings is 1. The van der Waals surface area contributed by atoms with Crippen LogP contribution in [0.25, 0.3) is 0 Å². The van der Waals surface area contributed by atoms with Crippen LogP contribution in [-0.2, 0) is 25.8 Å². The number of rotatable bonds is 6. The fourth-order valence-corrected chi connectivity index (χ4v) is 4.26. The molecule has 0 unspecified atom stereocenters. The lowest BCUT2D eigenvalue weighted by molar-refractivity contribution is 0.179. The average molecular weight is 354 g/mol. The van der Waals surface area contributed by atoms with Gasteiger partial charge in [-0.3, -0.25) is 4.90 Å². The first-order valence-electron chi connectivity index (χ1n) is 10.1. The van der Waals surface area contributed by atoms with Crippen molar-refractivity contribution in [3.05, 3.63) is 46.9 Å². The Hall–Kier alpha value is -1.72. The summed E-state index contributed by atoms with van der Waals surface area (Å²) in [6.07, 6.45) is 9.95. The van der Waals surface area contributed by atoms with Gasteiger partial charge < -0.3 is 9.73 Å². The molecule has 3 heterocycles. The van der Waals surface area contributed by atoms with Crippen LogP contribution in [0.2, 0.25) is 0 Å². The normalized spacial score (nSPS) is 18.8. The molecule has 0 atom stereocenters. The molecule has 4 rings (SSSR count). The van der Waals surface area contributed by atoms with Gasteiger partial charge in [0.25, 0.3) is 0 Å². The van der Waals surface area contributed by atoms with E-state index in [-0.39, 0.29) is 0 Å². The van der Waals surface area contributed by atoms with Crippen LogP contribution in [0, 0.1) is 6.92 Å². The summed E-state index contributed by atoms with van der Waals surface area (Å²) >= 11 is 0. The molecule has 2 aliphatic rings. The number of hydrogen-bond acceptors (Lipinski definition) is 5.